The van der Waals surface area contributed by atoms with Crippen LogP contribution in [0.2, 0.25) is 13.1 Å². The smallest absolute Gasteiger partial charge is 0.218 e. The minimum atomic E-state index is -1.79. The molecule has 1 aromatic rings. The van der Waals surface area contributed by atoms with Gasteiger partial charge >= 0.3 is 0 Å². The zero-order valence-electron chi connectivity index (χ0n) is 9.88. The van der Waals surface area contributed by atoms with Crippen LogP contribution in [0.3, 0.4) is 0 Å². The molecule has 3 heteroatoms. The van der Waals surface area contributed by atoms with Crippen molar-refractivity contribution in [3.05, 3.63) is 29.8 Å². The summed E-state index contributed by atoms with van der Waals surface area (Å²) in [5.41, 5.74) is 1.21. The number of hydrogen-bond donors (Lipinski definition) is 0. The molecule has 1 rings (SSSR count). The molecule has 0 aliphatic rings. The number of rotatable bonds is 4. The summed E-state index contributed by atoms with van der Waals surface area (Å²) >= 11 is 5.94. The standard InChI is InChI=1S/C12H19ClOSi/c1-10(2)14-15(3,4)12-8-6-5-7-11(12)9-13/h5-8,10H,9H2,1-4H3. The summed E-state index contributed by atoms with van der Waals surface area (Å²) in [6.45, 7) is 8.60. The lowest BCUT2D eigenvalue weighted by Gasteiger charge is -2.27. The Balaban J connectivity index is 3.02. The number of alkyl halides is 1. The molecule has 0 bridgehead atoms. The van der Waals surface area contributed by atoms with Gasteiger partial charge in [-0.25, -0.2) is 0 Å². The maximum atomic E-state index is 6.05. The lowest BCUT2D eigenvalue weighted by atomic mass is 10.2. The van der Waals surface area contributed by atoms with Gasteiger partial charge in [0.15, 0.2) is 0 Å². The number of benzene rings is 1. The quantitative estimate of drug-likeness (QED) is 0.582. The summed E-state index contributed by atoms with van der Waals surface area (Å²) in [6, 6.07) is 8.32. The van der Waals surface area contributed by atoms with Crippen molar-refractivity contribution in [2.24, 2.45) is 0 Å². The third-order valence-electron chi connectivity index (χ3n) is 2.34. The van der Waals surface area contributed by atoms with E-state index in [-0.39, 0.29) is 6.10 Å². The van der Waals surface area contributed by atoms with Crippen molar-refractivity contribution in [1.29, 1.82) is 0 Å². The van der Waals surface area contributed by atoms with Crippen LogP contribution in [-0.2, 0) is 10.3 Å². The molecule has 1 nitrogen and oxygen atoms in total. The molecule has 0 N–H and O–H groups in total. The Hall–Kier alpha value is -0.313. The second-order valence-corrected chi connectivity index (χ2v) is 8.53. The molecule has 0 amide bonds. The molecular weight excluding hydrogens is 224 g/mol. The average Bonchev–Trinajstić information content (AvgIpc) is 2.16. The van der Waals surface area contributed by atoms with Crippen LogP contribution in [0, 0.1) is 0 Å². The van der Waals surface area contributed by atoms with E-state index < -0.39 is 8.32 Å². The highest BCUT2D eigenvalue weighted by Gasteiger charge is 2.28. The van der Waals surface area contributed by atoms with Crippen molar-refractivity contribution < 1.29 is 4.43 Å². The normalized spacial score (nSPS) is 12.1. The Bertz CT molecular complexity index is 323. The molecule has 0 aliphatic carbocycles. The molecule has 84 valence electrons. The second-order valence-electron chi connectivity index (χ2n) is 4.47. The molecule has 15 heavy (non-hydrogen) atoms. The molecule has 0 saturated heterocycles. The van der Waals surface area contributed by atoms with Crippen molar-refractivity contribution in [1.82, 2.24) is 0 Å². The maximum absolute atomic E-state index is 6.05. The van der Waals surface area contributed by atoms with Crippen molar-refractivity contribution in [2.75, 3.05) is 0 Å². The lowest BCUT2D eigenvalue weighted by Crippen LogP contribution is -2.48. The van der Waals surface area contributed by atoms with E-state index in [0.717, 1.165) is 0 Å². The van der Waals surface area contributed by atoms with E-state index in [1.54, 1.807) is 0 Å². The van der Waals surface area contributed by atoms with Gasteiger partial charge in [-0.15, -0.1) is 11.6 Å². The Kier molecular flexibility index (Phi) is 4.38. The largest absolute Gasteiger partial charge is 0.411 e. The molecule has 0 saturated carbocycles. The van der Waals surface area contributed by atoms with Gasteiger partial charge in [-0.2, -0.15) is 0 Å². The lowest BCUT2D eigenvalue weighted by molar-refractivity contribution is 0.238. The number of hydrogen-bond acceptors (Lipinski definition) is 1. The van der Waals surface area contributed by atoms with Crippen LogP contribution in [0.25, 0.3) is 0 Å². The molecule has 0 unspecified atom stereocenters. The topological polar surface area (TPSA) is 9.23 Å². The zero-order valence-corrected chi connectivity index (χ0v) is 11.6. The monoisotopic (exact) mass is 242 g/mol. The van der Waals surface area contributed by atoms with E-state index >= 15 is 0 Å². The van der Waals surface area contributed by atoms with Crippen LogP contribution < -0.4 is 5.19 Å². The average molecular weight is 243 g/mol. The van der Waals surface area contributed by atoms with Crippen LogP contribution in [-0.4, -0.2) is 14.4 Å². The summed E-state index contributed by atoms with van der Waals surface area (Å²) < 4.78 is 6.05. The molecule has 0 atom stereocenters. The molecule has 1 aromatic carbocycles. The van der Waals surface area contributed by atoms with E-state index in [1.807, 2.05) is 6.07 Å². The fraction of sp³-hybridized carbons (Fsp3) is 0.500. The minimum Gasteiger partial charge on any atom is -0.411 e. The Labute approximate surface area is 98.5 Å². The predicted octanol–water partition coefficient (Wildman–Crippen LogP) is 3.26. The Morgan fingerprint density at radius 2 is 1.87 bits per heavy atom. The fourth-order valence-corrected chi connectivity index (χ4v) is 4.97. The summed E-state index contributed by atoms with van der Waals surface area (Å²) in [6.07, 6.45) is 0.273. The highest BCUT2D eigenvalue weighted by Crippen LogP contribution is 2.13. The van der Waals surface area contributed by atoms with E-state index in [2.05, 4.69) is 45.1 Å². The second kappa shape index (κ2) is 5.15. The molecule has 0 radical (unpaired) electrons. The first-order valence-corrected chi connectivity index (χ1v) is 8.74. The maximum Gasteiger partial charge on any atom is 0.218 e. The summed E-state index contributed by atoms with van der Waals surface area (Å²) in [4.78, 5) is 0. The van der Waals surface area contributed by atoms with Gasteiger partial charge in [0.05, 0.1) is 0 Å². The highest BCUT2D eigenvalue weighted by atomic mass is 35.5. The van der Waals surface area contributed by atoms with Gasteiger partial charge in [-0.05, 0) is 37.7 Å². The molecule has 0 aliphatic heterocycles. The highest BCUT2D eigenvalue weighted by molar-refractivity contribution is 6.84. The van der Waals surface area contributed by atoms with Crippen LogP contribution >= 0.6 is 11.6 Å². The van der Waals surface area contributed by atoms with Crippen LogP contribution in [0.15, 0.2) is 24.3 Å². The Morgan fingerprint density at radius 3 is 2.40 bits per heavy atom. The Morgan fingerprint density at radius 1 is 1.27 bits per heavy atom. The SMILES string of the molecule is CC(C)O[Si](C)(C)c1ccccc1CCl. The first-order chi connectivity index (χ1) is 6.97. The third kappa shape index (κ3) is 3.33. The van der Waals surface area contributed by atoms with Gasteiger partial charge in [0, 0.05) is 12.0 Å². The fourth-order valence-electron chi connectivity index (χ4n) is 1.88. The summed E-state index contributed by atoms with van der Waals surface area (Å²) in [5, 5.41) is 1.31. The van der Waals surface area contributed by atoms with Gasteiger partial charge in [0.2, 0.25) is 8.32 Å². The summed E-state index contributed by atoms with van der Waals surface area (Å²) in [5.74, 6) is 0.564. The van der Waals surface area contributed by atoms with Crippen molar-refractivity contribution in [3.8, 4) is 0 Å². The zero-order chi connectivity index (χ0) is 11.5. The van der Waals surface area contributed by atoms with Crippen molar-refractivity contribution in [3.63, 3.8) is 0 Å². The van der Waals surface area contributed by atoms with Crippen LogP contribution in [0.5, 0.6) is 0 Å². The van der Waals surface area contributed by atoms with Gasteiger partial charge in [-0.3, -0.25) is 0 Å². The van der Waals surface area contributed by atoms with Crippen LogP contribution in [0.4, 0.5) is 0 Å². The predicted molar refractivity (Wildman–Crippen MR) is 69.3 cm³/mol. The molecule has 0 spiro atoms. The van der Waals surface area contributed by atoms with Crippen molar-refractivity contribution in [2.45, 2.75) is 38.9 Å². The van der Waals surface area contributed by atoms with E-state index in [4.69, 9.17) is 16.0 Å². The first-order valence-electron chi connectivity index (χ1n) is 5.29. The van der Waals surface area contributed by atoms with Gasteiger partial charge < -0.3 is 4.43 Å². The molecular formula is C12H19ClOSi. The van der Waals surface area contributed by atoms with Gasteiger partial charge in [0.25, 0.3) is 0 Å². The van der Waals surface area contributed by atoms with E-state index in [9.17, 15) is 0 Å². The summed E-state index contributed by atoms with van der Waals surface area (Å²) in [7, 11) is -1.79. The third-order valence-corrected chi connectivity index (χ3v) is 5.47. The van der Waals surface area contributed by atoms with Crippen molar-refractivity contribution >= 4 is 25.1 Å². The van der Waals surface area contributed by atoms with Gasteiger partial charge in [-0.1, -0.05) is 24.3 Å². The van der Waals surface area contributed by atoms with E-state index in [0.29, 0.717) is 5.88 Å². The molecule has 0 fully saturated rings. The van der Waals surface area contributed by atoms with E-state index in [1.165, 1.54) is 10.8 Å². The van der Waals surface area contributed by atoms with Gasteiger partial charge in [0.1, 0.15) is 0 Å². The number of halogens is 1. The minimum absolute atomic E-state index is 0.273. The first kappa shape index (κ1) is 12.8. The molecule has 0 aromatic heterocycles. The molecule has 0 heterocycles. The van der Waals surface area contributed by atoms with Crippen LogP contribution in [0.1, 0.15) is 19.4 Å².